The highest BCUT2D eigenvalue weighted by atomic mass is 32.1. The maximum Gasteiger partial charge on any atom is 0.413 e. The van der Waals surface area contributed by atoms with Crippen molar-refractivity contribution in [3.05, 3.63) is 70.2 Å². The van der Waals surface area contributed by atoms with Crippen molar-refractivity contribution in [2.24, 2.45) is 5.41 Å². The van der Waals surface area contributed by atoms with Crippen LogP contribution in [-0.2, 0) is 9.53 Å². The summed E-state index contributed by atoms with van der Waals surface area (Å²) in [5.41, 5.74) is 4.12. The predicted octanol–water partition coefficient (Wildman–Crippen LogP) is 4.80. The van der Waals surface area contributed by atoms with Crippen LogP contribution in [0.5, 0.6) is 0 Å². The van der Waals surface area contributed by atoms with Gasteiger partial charge in [-0.05, 0) is 42.0 Å². The lowest BCUT2D eigenvalue weighted by Crippen LogP contribution is -2.47. The van der Waals surface area contributed by atoms with Crippen LogP contribution >= 0.6 is 11.3 Å². The van der Waals surface area contributed by atoms with Gasteiger partial charge in [-0.3, -0.25) is 14.9 Å². The molecule has 8 nitrogen and oxygen atoms in total. The molecule has 0 aliphatic heterocycles. The predicted molar refractivity (Wildman–Crippen MR) is 132 cm³/mol. The Labute approximate surface area is 206 Å². The first-order valence-electron chi connectivity index (χ1n) is 11.5. The number of ether oxygens (including phenoxy) is 1. The highest BCUT2D eigenvalue weighted by Crippen LogP contribution is 2.44. The summed E-state index contributed by atoms with van der Waals surface area (Å²) >= 11 is 1.03. The van der Waals surface area contributed by atoms with E-state index in [0.717, 1.165) is 40.0 Å². The molecule has 2 aliphatic carbocycles. The Bertz CT molecular complexity index is 1270. The maximum atomic E-state index is 12.6. The molecule has 9 heteroatoms. The number of fused-ring (bicyclic) bond motifs is 3. The topological polar surface area (TPSA) is 118 Å². The number of nitrogens with zero attached hydrogens (tertiary/aromatic N) is 1. The number of nitrogens with one attached hydrogen (secondary N) is 2. The first-order chi connectivity index (χ1) is 16.9. The number of aromatic nitrogens is 1. The first-order valence-corrected chi connectivity index (χ1v) is 12.3. The van der Waals surface area contributed by atoms with Gasteiger partial charge in [-0.25, -0.2) is 9.78 Å². The van der Waals surface area contributed by atoms with E-state index in [1.165, 1.54) is 0 Å². The number of anilines is 1. The van der Waals surface area contributed by atoms with Gasteiger partial charge in [0, 0.05) is 12.5 Å². The fourth-order valence-corrected chi connectivity index (χ4v) is 5.65. The zero-order valence-corrected chi connectivity index (χ0v) is 20.0. The molecular formula is C26H25N3O5S. The molecule has 0 saturated heterocycles. The quantitative estimate of drug-likeness (QED) is 0.437. The van der Waals surface area contributed by atoms with Gasteiger partial charge in [0.15, 0.2) is 5.13 Å². The third-order valence-electron chi connectivity index (χ3n) is 6.91. The van der Waals surface area contributed by atoms with Gasteiger partial charge in [0.2, 0.25) is 0 Å². The molecule has 3 N–H and O–H groups in total. The van der Waals surface area contributed by atoms with Crippen LogP contribution in [0.3, 0.4) is 0 Å². The average molecular weight is 492 g/mol. The van der Waals surface area contributed by atoms with Gasteiger partial charge in [0.1, 0.15) is 11.5 Å². The molecule has 0 bridgehead atoms. The van der Waals surface area contributed by atoms with Crippen molar-refractivity contribution < 1.29 is 24.2 Å². The number of thiazole rings is 1. The van der Waals surface area contributed by atoms with Crippen LogP contribution in [0.4, 0.5) is 9.93 Å². The van der Waals surface area contributed by atoms with Crippen LogP contribution in [0.2, 0.25) is 0 Å². The van der Waals surface area contributed by atoms with E-state index in [1.54, 1.807) is 6.92 Å². The van der Waals surface area contributed by atoms with Crippen molar-refractivity contribution >= 4 is 34.4 Å². The van der Waals surface area contributed by atoms with E-state index in [9.17, 15) is 19.5 Å². The molecule has 2 aromatic carbocycles. The van der Waals surface area contributed by atoms with E-state index in [0.29, 0.717) is 23.4 Å². The average Bonchev–Trinajstić information content (AvgIpc) is 3.34. The second-order valence-electron chi connectivity index (χ2n) is 9.01. The molecule has 1 aromatic heterocycles. The molecule has 0 radical (unpaired) electrons. The van der Waals surface area contributed by atoms with Crippen LogP contribution in [-0.4, -0.2) is 41.2 Å². The lowest BCUT2D eigenvalue weighted by Gasteiger charge is -2.37. The number of carboxylic acids is 1. The van der Waals surface area contributed by atoms with Crippen molar-refractivity contribution in [2.45, 2.75) is 32.1 Å². The smallest absolute Gasteiger partial charge is 0.413 e. The number of carbonyl (C=O) groups is 3. The molecule has 0 spiro atoms. The summed E-state index contributed by atoms with van der Waals surface area (Å²) in [6, 6.07) is 16.2. The highest BCUT2D eigenvalue weighted by Gasteiger charge is 2.44. The fraction of sp³-hybridized carbons (Fsp3) is 0.308. The molecule has 1 heterocycles. The van der Waals surface area contributed by atoms with Gasteiger partial charge in [0.25, 0.3) is 5.91 Å². The lowest BCUT2D eigenvalue weighted by atomic mass is 9.69. The zero-order valence-electron chi connectivity index (χ0n) is 19.2. The Kier molecular flexibility index (Phi) is 6.02. The standard InChI is InChI=1S/C26H25N3O5S/c1-15-21(22(30)27-14-26(23(31)32)11-6-12-26)35-24(28-15)29-25(33)34-13-20-18-9-4-2-7-16(18)17-8-3-5-10-19(17)20/h2-5,7-10,20H,6,11-14H2,1H3,(H,27,30)(H,31,32)(H,28,29,33). The van der Waals surface area contributed by atoms with Crippen LogP contribution in [0, 0.1) is 12.3 Å². The number of rotatable bonds is 7. The van der Waals surface area contributed by atoms with Crippen molar-refractivity contribution in [2.75, 3.05) is 18.5 Å². The lowest BCUT2D eigenvalue weighted by molar-refractivity contribution is -0.153. The normalized spacial score (nSPS) is 15.5. The summed E-state index contributed by atoms with van der Waals surface area (Å²) in [4.78, 5) is 41.3. The number of amides is 2. The Morgan fingerprint density at radius 3 is 2.29 bits per heavy atom. The first kappa shape index (κ1) is 23.0. The molecule has 3 aromatic rings. The molecule has 2 aliphatic rings. The van der Waals surface area contributed by atoms with E-state index in [2.05, 4.69) is 39.9 Å². The third kappa shape index (κ3) is 4.27. The summed E-state index contributed by atoms with van der Waals surface area (Å²) in [6.45, 7) is 1.92. The zero-order chi connectivity index (χ0) is 24.6. The van der Waals surface area contributed by atoms with Gasteiger partial charge in [-0.2, -0.15) is 0 Å². The number of carbonyl (C=O) groups excluding carboxylic acids is 2. The molecule has 1 fully saturated rings. The number of hydrogen-bond acceptors (Lipinski definition) is 6. The van der Waals surface area contributed by atoms with Crippen molar-refractivity contribution in [3.63, 3.8) is 0 Å². The minimum Gasteiger partial charge on any atom is -0.481 e. The Balaban J connectivity index is 1.20. The van der Waals surface area contributed by atoms with E-state index in [1.807, 2.05) is 24.3 Å². The van der Waals surface area contributed by atoms with Crippen LogP contribution < -0.4 is 10.6 Å². The Hall–Kier alpha value is -3.72. The van der Waals surface area contributed by atoms with Gasteiger partial charge < -0.3 is 15.2 Å². The second kappa shape index (κ2) is 9.14. The van der Waals surface area contributed by atoms with E-state index < -0.39 is 23.4 Å². The summed E-state index contributed by atoms with van der Waals surface area (Å²) in [5, 5.41) is 15.0. The third-order valence-corrected chi connectivity index (χ3v) is 7.98. The molecule has 0 atom stereocenters. The Morgan fingerprint density at radius 2 is 1.71 bits per heavy atom. The number of aliphatic carboxylic acids is 1. The van der Waals surface area contributed by atoms with E-state index >= 15 is 0 Å². The number of hydrogen-bond donors (Lipinski definition) is 3. The highest BCUT2D eigenvalue weighted by molar-refractivity contribution is 7.17. The maximum absolute atomic E-state index is 12.6. The molecule has 1 saturated carbocycles. The number of benzene rings is 2. The van der Waals surface area contributed by atoms with Gasteiger partial charge >= 0.3 is 12.1 Å². The summed E-state index contributed by atoms with van der Waals surface area (Å²) < 4.78 is 5.54. The van der Waals surface area contributed by atoms with Gasteiger partial charge in [0.05, 0.1) is 11.1 Å². The molecule has 0 unspecified atom stereocenters. The monoisotopic (exact) mass is 491 g/mol. The fourth-order valence-electron chi connectivity index (χ4n) is 4.78. The van der Waals surface area contributed by atoms with Gasteiger partial charge in [-0.15, -0.1) is 0 Å². The molecule has 2 amide bonds. The Morgan fingerprint density at radius 1 is 1.09 bits per heavy atom. The van der Waals surface area contributed by atoms with Crippen molar-refractivity contribution in [1.82, 2.24) is 10.3 Å². The SMILES string of the molecule is Cc1nc(NC(=O)OCC2c3ccccc3-c3ccccc32)sc1C(=O)NCC1(C(=O)O)CCC1. The minimum absolute atomic E-state index is 0.0550. The number of aryl methyl sites for hydroxylation is 1. The van der Waals surface area contributed by atoms with E-state index in [4.69, 9.17) is 4.74 Å². The molecule has 180 valence electrons. The van der Waals surface area contributed by atoms with E-state index in [-0.39, 0.29) is 24.2 Å². The summed E-state index contributed by atoms with van der Waals surface area (Å²) in [7, 11) is 0. The summed E-state index contributed by atoms with van der Waals surface area (Å²) in [6.07, 6.45) is 1.31. The second-order valence-corrected chi connectivity index (χ2v) is 10.0. The van der Waals surface area contributed by atoms with Gasteiger partial charge in [-0.1, -0.05) is 66.3 Å². The summed E-state index contributed by atoms with van der Waals surface area (Å²) in [5.74, 6) is -1.34. The van der Waals surface area contributed by atoms with Crippen molar-refractivity contribution in [3.8, 4) is 11.1 Å². The molecular weight excluding hydrogens is 466 g/mol. The molecule has 35 heavy (non-hydrogen) atoms. The number of carboxylic acid groups (broad SMARTS) is 1. The molecule has 5 rings (SSSR count). The van der Waals surface area contributed by atoms with Crippen LogP contribution in [0.15, 0.2) is 48.5 Å². The van der Waals surface area contributed by atoms with Crippen LogP contribution in [0.1, 0.15) is 51.7 Å². The van der Waals surface area contributed by atoms with Crippen LogP contribution in [0.25, 0.3) is 11.1 Å². The largest absolute Gasteiger partial charge is 0.481 e. The van der Waals surface area contributed by atoms with Crippen molar-refractivity contribution in [1.29, 1.82) is 0 Å². The minimum atomic E-state index is -0.886.